The summed E-state index contributed by atoms with van der Waals surface area (Å²) in [4.78, 5) is 22.8. The molecule has 0 atom stereocenters. The highest BCUT2D eigenvalue weighted by atomic mass is 16.5. The first-order valence-corrected chi connectivity index (χ1v) is 7.11. The van der Waals surface area contributed by atoms with E-state index >= 15 is 0 Å². The van der Waals surface area contributed by atoms with Crippen LogP contribution in [0.2, 0.25) is 0 Å². The molecule has 0 saturated carbocycles. The fourth-order valence-electron chi connectivity index (χ4n) is 2.33. The van der Waals surface area contributed by atoms with Crippen LogP contribution in [0, 0.1) is 0 Å². The summed E-state index contributed by atoms with van der Waals surface area (Å²) in [5.74, 6) is -0.478. The van der Waals surface area contributed by atoms with Gasteiger partial charge in [0.25, 0.3) is 0 Å². The highest BCUT2D eigenvalue weighted by molar-refractivity contribution is 5.99. The van der Waals surface area contributed by atoms with E-state index in [1.165, 1.54) is 14.0 Å². The Morgan fingerprint density at radius 2 is 1.83 bits per heavy atom. The molecule has 5 nitrogen and oxygen atoms in total. The molecule has 0 fully saturated rings. The number of methoxy groups -OCH3 is 1. The largest absolute Gasteiger partial charge is 0.496 e. The van der Waals surface area contributed by atoms with Crippen LogP contribution in [-0.4, -0.2) is 24.0 Å². The Morgan fingerprint density at radius 1 is 1.13 bits per heavy atom. The summed E-state index contributed by atoms with van der Waals surface area (Å²) in [5, 5.41) is 9.04. The number of benzene rings is 2. The number of carboxylic acid groups (broad SMARTS) is 1. The molecule has 0 amide bonds. The lowest BCUT2D eigenvalue weighted by atomic mass is 10.00. The van der Waals surface area contributed by atoms with Gasteiger partial charge in [0.15, 0.2) is 5.78 Å². The Bertz CT molecular complexity index is 707. The number of ether oxygens (including phenoxy) is 2. The summed E-state index contributed by atoms with van der Waals surface area (Å²) in [7, 11) is 1.44. The third-order valence-electron chi connectivity index (χ3n) is 3.32. The van der Waals surface area contributed by atoms with Gasteiger partial charge < -0.3 is 14.6 Å². The maximum absolute atomic E-state index is 11.8. The molecular formula is C18H18O5. The van der Waals surface area contributed by atoms with Crippen LogP contribution in [0.4, 0.5) is 0 Å². The molecule has 23 heavy (non-hydrogen) atoms. The van der Waals surface area contributed by atoms with Crippen LogP contribution >= 0.6 is 0 Å². The predicted octanol–water partition coefficient (Wildman–Crippen LogP) is 3.10. The van der Waals surface area contributed by atoms with Crippen molar-refractivity contribution in [3.63, 3.8) is 0 Å². The Morgan fingerprint density at radius 3 is 2.39 bits per heavy atom. The van der Waals surface area contributed by atoms with Gasteiger partial charge in [-0.25, -0.2) is 0 Å². The quantitative estimate of drug-likeness (QED) is 0.795. The molecular weight excluding hydrogens is 296 g/mol. The van der Waals surface area contributed by atoms with Gasteiger partial charge in [-0.3, -0.25) is 9.59 Å². The van der Waals surface area contributed by atoms with Crippen molar-refractivity contribution in [2.45, 2.75) is 20.0 Å². The van der Waals surface area contributed by atoms with E-state index < -0.39 is 5.97 Å². The van der Waals surface area contributed by atoms with Crippen molar-refractivity contribution < 1.29 is 24.2 Å². The van der Waals surface area contributed by atoms with Gasteiger partial charge >= 0.3 is 5.97 Å². The second-order valence-electron chi connectivity index (χ2n) is 5.06. The van der Waals surface area contributed by atoms with Crippen LogP contribution in [-0.2, 0) is 17.8 Å². The first-order chi connectivity index (χ1) is 11.0. The number of hydrogen-bond acceptors (Lipinski definition) is 4. The van der Waals surface area contributed by atoms with Crippen molar-refractivity contribution in [3.05, 3.63) is 59.2 Å². The maximum atomic E-state index is 11.8. The van der Waals surface area contributed by atoms with Crippen molar-refractivity contribution in [3.8, 4) is 11.5 Å². The monoisotopic (exact) mass is 314 g/mol. The molecule has 0 radical (unpaired) electrons. The highest BCUT2D eigenvalue weighted by Gasteiger charge is 2.18. The van der Waals surface area contributed by atoms with Crippen LogP contribution in [0.3, 0.4) is 0 Å². The predicted molar refractivity (Wildman–Crippen MR) is 85.1 cm³/mol. The van der Waals surface area contributed by atoms with Crippen LogP contribution in [0.1, 0.15) is 28.4 Å². The topological polar surface area (TPSA) is 72.8 Å². The molecule has 0 aliphatic heterocycles. The van der Waals surface area contributed by atoms with E-state index in [1.807, 2.05) is 30.3 Å². The minimum Gasteiger partial charge on any atom is -0.496 e. The number of Topliss-reactive ketones (excluding diaryl/α,β-unsaturated/α-hetero) is 1. The summed E-state index contributed by atoms with van der Waals surface area (Å²) >= 11 is 0. The lowest BCUT2D eigenvalue weighted by Crippen LogP contribution is -2.09. The summed E-state index contributed by atoms with van der Waals surface area (Å²) in [6.45, 7) is 1.73. The lowest BCUT2D eigenvalue weighted by Gasteiger charge is -2.14. The molecule has 0 aromatic heterocycles. The van der Waals surface area contributed by atoms with Gasteiger partial charge in [-0.05, 0) is 24.1 Å². The van der Waals surface area contributed by atoms with Crippen molar-refractivity contribution >= 4 is 11.8 Å². The number of carbonyl (C=O) groups is 2. The van der Waals surface area contributed by atoms with Gasteiger partial charge in [0.1, 0.15) is 18.1 Å². The standard InChI is InChI=1S/C18H18O5/c1-12(19)18-14(9-17(20)21)8-15(10-16(18)22-2)23-11-13-6-4-3-5-7-13/h3-8,10H,9,11H2,1-2H3,(H,20,21). The summed E-state index contributed by atoms with van der Waals surface area (Å²) < 4.78 is 10.9. The zero-order valence-corrected chi connectivity index (χ0v) is 13.0. The Hall–Kier alpha value is -2.82. The lowest BCUT2D eigenvalue weighted by molar-refractivity contribution is -0.136. The summed E-state index contributed by atoms with van der Waals surface area (Å²) in [5.41, 5.74) is 1.65. The fourth-order valence-corrected chi connectivity index (χ4v) is 2.33. The number of ketones is 1. The van der Waals surface area contributed by atoms with E-state index in [0.717, 1.165) is 5.56 Å². The molecule has 5 heteroatoms. The van der Waals surface area contributed by atoms with Crippen LogP contribution in [0.25, 0.3) is 0 Å². The summed E-state index contributed by atoms with van der Waals surface area (Å²) in [6, 6.07) is 12.8. The van der Waals surface area contributed by atoms with Crippen LogP contribution in [0.5, 0.6) is 11.5 Å². The first kappa shape index (κ1) is 16.5. The average molecular weight is 314 g/mol. The maximum Gasteiger partial charge on any atom is 0.307 e. The molecule has 0 spiro atoms. The van der Waals surface area contributed by atoms with E-state index in [2.05, 4.69) is 0 Å². The molecule has 0 aliphatic rings. The third kappa shape index (κ3) is 4.32. The molecule has 2 rings (SSSR count). The minimum atomic E-state index is -1.02. The Labute approximate surface area is 134 Å². The molecule has 0 unspecified atom stereocenters. The molecule has 0 heterocycles. The third-order valence-corrected chi connectivity index (χ3v) is 3.32. The van der Waals surface area contributed by atoms with Gasteiger partial charge in [0.05, 0.1) is 19.1 Å². The molecule has 2 aromatic rings. The zero-order chi connectivity index (χ0) is 16.8. The number of aliphatic carboxylic acids is 1. The number of carboxylic acids is 1. The van der Waals surface area contributed by atoms with Gasteiger partial charge in [-0.15, -0.1) is 0 Å². The van der Waals surface area contributed by atoms with E-state index in [1.54, 1.807) is 12.1 Å². The molecule has 2 aromatic carbocycles. The highest BCUT2D eigenvalue weighted by Crippen LogP contribution is 2.30. The number of hydrogen-bond donors (Lipinski definition) is 1. The molecule has 1 N–H and O–H groups in total. The molecule has 120 valence electrons. The Kier molecular flexibility index (Phi) is 5.36. The van der Waals surface area contributed by atoms with E-state index in [4.69, 9.17) is 14.6 Å². The van der Waals surface area contributed by atoms with E-state index in [9.17, 15) is 9.59 Å². The SMILES string of the molecule is COc1cc(OCc2ccccc2)cc(CC(=O)O)c1C(C)=O. The second kappa shape index (κ2) is 7.45. The minimum absolute atomic E-state index is 0.243. The molecule has 0 saturated heterocycles. The van der Waals surface area contributed by atoms with Crippen molar-refractivity contribution in [1.29, 1.82) is 0 Å². The van der Waals surface area contributed by atoms with Gasteiger partial charge in [-0.2, -0.15) is 0 Å². The van der Waals surface area contributed by atoms with E-state index in [0.29, 0.717) is 23.7 Å². The number of rotatable bonds is 7. The Balaban J connectivity index is 2.32. The van der Waals surface area contributed by atoms with Gasteiger partial charge in [0.2, 0.25) is 0 Å². The van der Waals surface area contributed by atoms with Crippen LogP contribution < -0.4 is 9.47 Å². The average Bonchev–Trinajstić information content (AvgIpc) is 2.52. The second-order valence-corrected chi connectivity index (χ2v) is 5.06. The molecule has 0 aliphatic carbocycles. The van der Waals surface area contributed by atoms with Gasteiger partial charge in [-0.1, -0.05) is 30.3 Å². The normalized spacial score (nSPS) is 10.2. The van der Waals surface area contributed by atoms with Crippen LogP contribution in [0.15, 0.2) is 42.5 Å². The zero-order valence-electron chi connectivity index (χ0n) is 13.0. The van der Waals surface area contributed by atoms with Crippen molar-refractivity contribution in [1.82, 2.24) is 0 Å². The van der Waals surface area contributed by atoms with E-state index in [-0.39, 0.29) is 17.8 Å². The van der Waals surface area contributed by atoms with Crippen molar-refractivity contribution in [2.75, 3.05) is 7.11 Å². The first-order valence-electron chi connectivity index (χ1n) is 7.11. The van der Waals surface area contributed by atoms with Gasteiger partial charge in [0, 0.05) is 6.07 Å². The summed E-state index contributed by atoms with van der Waals surface area (Å²) in [6.07, 6.45) is -0.270. The fraction of sp³-hybridized carbons (Fsp3) is 0.222. The van der Waals surface area contributed by atoms with Crippen molar-refractivity contribution in [2.24, 2.45) is 0 Å². The molecule has 0 bridgehead atoms. The number of carbonyl (C=O) groups excluding carboxylic acids is 1. The smallest absolute Gasteiger partial charge is 0.307 e.